The van der Waals surface area contributed by atoms with Crippen LogP contribution in [-0.2, 0) is 14.2 Å². The van der Waals surface area contributed by atoms with Gasteiger partial charge in [0.25, 0.3) is 0 Å². The lowest BCUT2D eigenvalue weighted by molar-refractivity contribution is 0.127. The molecule has 0 saturated carbocycles. The Balaban J connectivity index is 1.39. The van der Waals surface area contributed by atoms with Gasteiger partial charge in [-0.3, -0.25) is 4.90 Å². The number of nitrogens with one attached hydrogen (secondary N) is 1. The molecule has 3 saturated heterocycles. The Morgan fingerprint density at radius 2 is 2.03 bits per heavy atom. The minimum atomic E-state index is -0.609. The van der Waals surface area contributed by atoms with Crippen molar-refractivity contribution < 1.29 is 33.0 Å². The lowest BCUT2D eigenvalue weighted by Crippen LogP contribution is -2.35. The predicted molar refractivity (Wildman–Crippen MR) is 103 cm³/mol. The molecular weight excluding hydrogens is 399 g/mol. The van der Waals surface area contributed by atoms with Crippen LogP contribution in [0.5, 0.6) is 0 Å². The minimum absolute atomic E-state index is 0.102. The highest BCUT2D eigenvalue weighted by molar-refractivity contribution is 5.90. The van der Waals surface area contributed by atoms with Crippen molar-refractivity contribution in [3.05, 3.63) is 24.0 Å². The van der Waals surface area contributed by atoms with Gasteiger partial charge in [-0.1, -0.05) is 0 Å². The molecule has 3 aliphatic heterocycles. The molecule has 0 radical (unpaired) electrons. The Kier molecular flexibility index (Phi) is 5.27. The molecule has 0 bridgehead atoms. The number of ether oxygens (including phenoxy) is 3. The van der Waals surface area contributed by atoms with Gasteiger partial charge in [-0.2, -0.15) is 0 Å². The largest absolute Gasteiger partial charge is 0.450 e. The van der Waals surface area contributed by atoms with Crippen LogP contribution in [0.3, 0.4) is 0 Å². The van der Waals surface area contributed by atoms with E-state index in [1.807, 2.05) is 4.90 Å². The molecule has 1 aromatic rings. The number of carbonyl (C=O) groups is 3. The Morgan fingerprint density at radius 1 is 1.23 bits per heavy atom. The zero-order valence-electron chi connectivity index (χ0n) is 16.7. The van der Waals surface area contributed by atoms with E-state index in [4.69, 9.17) is 14.2 Å². The van der Waals surface area contributed by atoms with Gasteiger partial charge in [-0.05, 0) is 25.1 Å². The first kappa shape index (κ1) is 20.0. The van der Waals surface area contributed by atoms with Crippen LogP contribution in [0, 0.1) is 5.82 Å². The Bertz CT molecular complexity index is 867. The highest BCUT2D eigenvalue weighted by Gasteiger charge is 2.46. The molecule has 1 N–H and O–H groups in total. The van der Waals surface area contributed by atoms with Gasteiger partial charge in [0, 0.05) is 13.6 Å². The monoisotopic (exact) mass is 422 g/mol. The first-order chi connectivity index (χ1) is 14.4. The van der Waals surface area contributed by atoms with Gasteiger partial charge in [0.15, 0.2) is 0 Å². The molecule has 11 heteroatoms. The zero-order chi connectivity index (χ0) is 21.4. The molecule has 0 aromatic heterocycles. The summed E-state index contributed by atoms with van der Waals surface area (Å²) in [4.78, 5) is 39.8. The lowest BCUT2D eigenvalue weighted by Gasteiger charge is -2.23. The van der Waals surface area contributed by atoms with E-state index in [0.717, 1.165) is 0 Å². The van der Waals surface area contributed by atoms with E-state index in [9.17, 15) is 18.8 Å². The number of halogens is 1. The molecular formula is C19H23FN4O6. The fourth-order valence-electron chi connectivity index (χ4n) is 3.93. The number of hydrogen-bond acceptors (Lipinski definition) is 7. The number of cyclic esters (lactones) is 1. The highest BCUT2D eigenvalue weighted by atomic mass is 19.1. The van der Waals surface area contributed by atoms with Crippen LogP contribution >= 0.6 is 0 Å². The summed E-state index contributed by atoms with van der Waals surface area (Å²) >= 11 is 0. The minimum Gasteiger partial charge on any atom is -0.450 e. The maximum atomic E-state index is 14.9. The Morgan fingerprint density at radius 3 is 2.73 bits per heavy atom. The average molecular weight is 422 g/mol. The molecule has 3 aliphatic rings. The Hall–Kier alpha value is -3.24. The van der Waals surface area contributed by atoms with Gasteiger partial charge in [0.1, 0.15) is 18.0 Å². The summed E-state index contributed by atoms with van der Waals surface area (Å²) in [5, 5.41) is 2.52. The van der Waals surface area contributed by atoms with Crippen molar-refractivity contribution >= 4 is 29.7 Å². The molecule has 1 aromatic carbocycles. The van der Waals surface area contributed by atoms with Gasteiger partial charge < -0.3 is 29.3 Å². The fourth-order valence-corrected chi connectivity index (χ4v) is 3.93. The highest BCUT2D eigenvalue weighted by Crippen LogP contribution is 2.33. The second-order valence-corrected chi connectivity index (χ2v) is 7.36. The third-order valence-electron chi connectivity index (χ3n) is 5.48. The second-order valence-electron chi connectivity index (χ2n) is 7.36. The van der Waals surface area contributed by atoms with Gasteiger partial charge in [0.2, 0.25) is 0 Å². The average Bonchev–Trinajstić information content (AvgIpc) is 3.35. The number of fused-ring (bicyclic) bond motifs is 1. The first-order valence-corrected chi connectivity index (χ1v) is 9.74. The predicted octanol–water partition coefficient (Wildman–Crippen LogP) is 1.54. The van der Waals surface area contributed by atoms with Crippen LogP contribution < -0.4 is 15.1 Å². The number of carbonyl (C=O) groups excluding carboxylic acids is 3. The van der Waals surface area contributed by atoms with Gasteiger partial charge in [0.05, 0.1) is 43.7 Å². The van der Waals surface area contributed by atoms with Crippen LogP contribution in [0.2, 0.25) is 0 Å². The summed E-state index contributed by atoms with van der Waals surface area (Å²) in [7, 11) is 1.67. The summed E-state index contributed by atoms with van der Waals surface area (Å²) in [6, 6.07) is 4.41. The number of anilines is 2. The SMILES string of the molecule is CCOC(=O)NC[C@H]1CN(c2ccc(N3C[C@@H]4OC(=O)N(C)[C@@H]4C3)c(F)c2)C(=O)O1. The summed E-state index contributed by atoms with van der Waals surface area (Å²) in [6.07, 6.45) is -2.41. The fraction of sp³-hybridized carbons (Fsp3) is 0.526. The van der Waals surface area contributed by atoms with E-state index in [1.54, 1.807) is 26.1 Å². The van der Waals surface area contributed by atoms with Crippen LogP contribution in [0.4, 0.5) is 30.1 Å². The molecule has 3 heterocycles. The summed E-state index contributed by atoms with van der Waals surface area (Å²) < 4.78 is 30.1. The smallest absolute Gasteiger partial charge is 0.414 e. The van der Waals surface area contributed by atoms with Gasteiger partial charge in [-0.25, -0.2) is 18.8 Å². The molecule has 3 amide bonds. The maximum Gasteiger partial charge on any atom is 0.414 e. The van der Waals surface area contributed by atoms with Crippen molar-refractivity contribution in [3.8, 4) is 0 Å². The normalized spacial score (nSPS) is 25.3. The van der Waals surface area contributed by atoms with E-state index in [0.29, 0.717) is 24.5 Å². The van der Waals surface area contributed by atoms with E-state index >= 15 is 0 Å². The number of alkyl carbamates (subject to hydrolysis) is 1. The van der Waals surface area contributed by atoms with Crippen molar-refractivity contribution in [3.63, 3.8) is 0 Å². The number of benzene rings is 1. The van der Waals surface area contributed by atoms with E-state index < -0.39 is 24.1 Å². The number of rotatable bonds is 5. The molecule has 4 rings (SSSR count). The molecule has 162 valence electrons. The quantitative estimate of drug-likeness (QED) is 0.719. The molecule has 30 heavy (non-hydrogen) atoms. The molecule has 0 aliphatic carbocycles. The van der Waals surface area contributed by atoms with Crippen molar-refractivity contribution in [2.75, 3.05) is 49.6 Å². The molecule has 10 nitrogen and oxygen atoms in total. The van der Waals surface area contributed by atoms with E-state index in [-0.39, 0.29) is 37.9 Å². The number of amides is 3. The van der Waals surface area contributed by atoms with Crippen LogP contribution in [0.15, 0.2) is 18.2 Å². The standard InChI is InChI=1S/C19H23FN4O6/c1-3-28-17(25)21-7-12-8-24(19(27)29-12)11-4-5-14(13(20)6-11)23-9-15-16(10-23)30-18(26)22(15)2/h4-6,12,15-16H,3,7-10H2,1-2H3,(H,21,25)/t12-,15+,16-/m0/s1. The third kappa shape index (κ3) is 3.66. The van der Waals surface area contributed by atoms with Gasteiger partial charge >= 0.3 is 18.3 Å². The van der Waals surface area contributed by atoms with E-state index in [1.165, 1.54) is 15.9 Å². The van der Waals surface area contributed by atoms with Crippen molar-refractivity contribution in [1.29, 1.82) is 0 Å². The molecule has 3 fully saturated rings. The van der Waals surface area contributed by atoms with Crippen LogP contribution in [0.1, 0.15) is 6.92 Å². The summed E-state index contributed by atoms with van der Waals surface area (Å²) in [6.45, 7) is 3.09. The van der Waals surface area contributed by atoms with Crippen molar-refractivity contribution in [2.24, 2.45) is 0 Å². The summed E-state index contributed by atoms with van der Waals surface area (Å²) in [5.74, 6) is -0.484. The molecule has 0 spiro atoms. The van der Waals surface area contributed by atoms with Crippen molar-refractivity contribution in [2.45, 2.75) is 25.2 Å². The van der Waals surface area contributed by atoms with Crippen LogP contribution in [-0.4, -0.2) is 81.3 Å². The topological polar surface area (TPSA) is 101 Å². The number of hydrogen-bond donors (Lipinski definition) is 1. The summed E-state index contributed by atoms with van der Waals surface area (Å²) in [5.41, 5.74) is 0.744. The van der Waals surface area contributed by atoms with E-state index in [2.05, 4.69) is 5.32 Å². The lowest BCUT2D eigenvalue weighted by atomic mass is 10.2. The molecule has 3 atom stereocenters. The van der Waals surface area contributed by atoms with Crippen molar-refractivity contribution in [1.82, 2.24) is 10.2 Å². The first-order valence-electron chi connectivity index (χ1n) is 9.74. The number of nitrogens with zero attached hydrogens (tertiary/aromatic N) is 3. The molecule has 0 unspecified atom stereocenters. The Labute approximate surface area is 172 Å². The van der Waals surface area contributed by atoms with Crippen LogP contribution in [0.25, 0.3) is 0 Å². The zero-order valence-corrected chi connectivity index (χ0v) is 16.7. The number of likely N-dealkylation sites (N-methyl/N-ethyl adjacent to an activating group) is 1. The second kappa shape index (κ2) is 7.88. The van der Waals surface area contributed by atoms with Gasteiger partial charge in [-0.15, -0.1) is 0 Å². The third-order valence-corrected chi connectivity index (χ3v) is 5.48. The maximum absolute atomic E-state index is 14.9.